The molecule has 1 aromatic heterocycles. The summed E-state index contributed by atoms with van der Waals surface area (Å²) in [7, 11) is 0. The number of rotatable bonds is 6. The van der Waals surface area contributed by atoms with Crippen LogP contribution in [0.3, 0.4) is 0 Å². The van der Waals surface area contributed by atoms with Gasteiger partial charge in [-0.05, 0) is 86.0 Å². The maximum Gasteiger partial charge on any atom is 0.246 e. The average Bonchev–Trinajstić information content (AvgIpc) is 3.36. The molecule has 1 atom stereocenters. The van der Waals surface area contributed by atoms with E-state index in [-0.39, 0.29) is 24.1 Å². The monoisotopic (exact) mass is 511 g/mol. The number of aromatic amines is 1. The molecule has 1 unspecified atom stereocenters. The second kappa shape index (κ2) is 11.1. The number of H-pyrrole nitrogens is 1. The Morgan fingerprint density at radius 2 is 1.70 bits per heavy atom. The van der Waals surface area contributed by atoms with Crippen molar-refractivity contribution < 1.29 is 23.1 Å². The summed E-state index contributed by atoms with van der Waals surface area (Å²) >= 11 is 0. The fourth-order valence-corrected chi connectivity index (χ4v) is 5.99. The first-order valence-electron chi connectivity index (χ1n) is 13.0. The van der Waals surface area contributed by atoms with Crippen LogP contribution < -0.4 is 0 Å². The molecule has 2 aliphatic heterocycles. The van der Waals surface area contributed by atoms with Gasteiger partial charge in [-0.15, -0.1) is 0 Å². The Kier molecular flexibility index (Phi) is 7.67. The van der Waals surface area contributed by atoms with E-state index in [1.807, 2.05) is 6.07 Å². The Morgan fingerprint density at radius 3 is 2.38 bits per heavy atom. The number of aromatic nitrogens is 1. The molecule has 0 saturated carbocycles. The molecule has 0 radical (unpaired) electrons. The zero-order valence-electron chi connectivity index (χ0n) is 20.7. The van der Waals surface area contributed by atoms with Crippen LogP contribution in [-0.4, -0.2) is 64.6 Å². The zero-order chi connectivity index (χ0) is 25.9. The molecule has 0 spiro atoms. The molecule has 1 amide bonds. The van der Waals surface area contributed by atoms with Crippen LogP contribution in [0.15, 0.2) is 48.7 Å². The molecule has 37 heavy (non-hydrogen) atoms. The number of nitrogens with one attached hydrogen (secondary N) is 1. The first-order chi connectivity index (χ1) is 17.9. The lowest BCUT2D eigenvalue weighted by Gasteiger charge is -2.43. The maximum absolute atomic E-state index is 13.4. The molecule has 3 aromatic rings. The van der Waals surface area contributed by atoms with Crippen molar-refractivity contribution >= 4 is 22.9 Å². The highest BCUT2D eigenvalue weighted by atomic mass is 19.2. The molecule has 2 N–H and O–H groups in total. The van der Waals surface area contributed by atoms with Crippen molar-refractivity contribution in [2.24, 2.45) is 5.92 Å². The molecule has 2 saturated heterocycles. The number of fused-ring (bicyclic) bond motifs is 1. The highest BCUT2D eigenvalue weighted by Crippen LogP contribution is 2.35. The molecule has 0 bridgehead atoms. The number of hydrogen-bond donors (Lipinski definition) is 2. The number of aliphatic hydroxyl groups is 1. The van der Waals surface area contributed by atoms with Gasteiger partial charge >= 0.3 is 0 Å². The third-order valence-electron chi connectivity index (χ3n) is 8.07. The lowest BCUT2D eigenvalue weighted by atomic mass is 9.84. The normalized spacial score (nSPS) is 19.2. The van der Waals surface area contributed by atoms with Gasteiger partial charge in [0.25, 0.3) is 0 Å². The number of aliphatic hydroxyl groups excluding tert-OH is 1. The van der Waals surface area contributed by atoms with Crippen molar-refractivity contribution in [3.8, 4) is 0 Å². The van der Waals surface area contributed by atoms with Crippen molar-refractivity contribution in [3.63, 3.8) is 0 Å². The number of piperidine rings is 2. The van der Waals surface area contributed by atoms with Crippen molar-refractivity contribution in [1.29, 1.82) is 0 Å². The minimum absolute atomic E-state index is 0.0712. The van der Waals surface area contributed by atoms with Gasteiger partial charge < -0.3 is 15.0 Å². The van der Waals surface area contributed by atoms with E-state index in [4.69, 9.17) is 0 Å². The van der Waals surface area contributed by atoms with Gasteiger partial charge in [0.1, 0.15) is 0 Å². The third kappa shape index (κ3) is 5.45. The summed E-state index contributed by atoms with van der Waals surface area (Å²) in [6.45, 7) is 3.08. The lowest BCUT2D eigenvalue weighted by Crippen LogP contribution is -2.50. The van der Waals surface area contributed by atoms with Crippen LogP contribution in [0.4, 0.5) is 13.2 Å². The Morgan fingerprint density at radius 1 is 1.03 bits per heavy atom. The molecule has 8 heteroatoms. The van der Waals surface area contributed by atoms with Crippen molar-refractivity contribution in [2.45, 2.75) is 37.6 Å². The van der Waals surface area contributed by atoms with Gasteiger partial charge in [-0.3, -0.25) is 9.69 Å². The van der Waals surface area contributed by atoms with Gasteiger partial charge in [0.15, 0.2) is 17.5 Å². The van der Waals surface area contributed by atoms with Gasteiger partial charge in [-0.1, -0.05) is 18.2 Å². The van der Waals surface area contributed by atoms with Crippen LogP contribution in [0.25, 0.3) is 17.0 Å². The summed E-state index contributed by atoms with van der Waals surface area (Å²) in [5, 5.41) is 11.5. The van der Waals surface area contributed by atoms with E-state index in [1.54, 1.807) is 4.90 Å². The number of carbonyl (C=O) groups is 1. The Labute approximate surface area is 214 Å². The minimum Gasteiger partial charge on any atom is -0.395 e. The summed E-state index contributed by atoms with van der Waals surface area (Å²) in [5.41, 5.74) is 2.64. The molecular formula is C29H32F3N3O2. The van der Waals surface area contributed by atoms with Gasteiger partial charge in [0, 0.05) is 42.3 Å². The quantitative estimate of drug-likeness (QED) is 0.359. The van der Waals surface area contributed by atoms with Crippen LogP contribution in [0.2, 0.25) is 0 Å². The molecule has 2 aromatic carbocycles. The molecule has 0 aliphatic carbocycles. The lowest BCUT2D eigenvalue weighted by molar-refractivity contribution is -0.127. The fourth-order valence-electron chi connectivity index (χ4n) is 5.99. The van der Waals surface area contributed by atoms with Crippen LogP contribution in [0.1, 0.15) is 42.7 Å². The predicted molar refractivity (Wildman–Crippen MR) is 137 cm³/mol. The van der Waals surface area contributed by atoms with Crippen molar-refractivity contribution in [1.82, 2.24) is 14.8 Å². The SMILES string of the molecule is O=C(C=Cc1cc(F)c(F)c(F)c1)N1CCC(C(CO)N2CCC(c3c[nH]c4ccccc34)CC2)CC1. The topological polar surface area (TPSA) is 59.6 Å². The van der Waals surface area contributed by atoms with E-state index in [2.05, 4.69) is 34.3 Å². The van der Waals surface area contributed by atoms with E-state index < -0.39 is 17.5 Å². The Bertz CT molecular complexity index is 1250. The number of halogens is 3. The average molecular weight is 512 g/mol. The number of amides is 1. The highest BCUT2D eigenvalue weighted by molar-refractivity contribution is 5.91. The Hall–Kier alpha value is -3.10. The molecule has 2 aliphatic rings. The molecular weight excluding hydrogens is 479 g/mol. The summed E-state index contributed by atoms with van der Waals surface area (Å²) in [6, 6.07) is 10.2. The van der Waals surface area contributed by atoms with E-state index in [0.29, 0.717) is 24.9 Å². The first-order valence-corrected chi connectivity index (χ1v) is 13.0. The molecule has 3 heterocycles. The molecule has 2 fully saturated rings. The van der Waals surface area contributed by atoms with Gasteiger partial charge in [-0.25, -0.2) is 13.2 Å². The largest absolute Gasteiger partial charge is 0.395 e. The number of carbonyl (C=O) groups excluding carboxylic acids is 1. The fraction of sp³-hybridized carbons (Fsp3) is 0.414. The smallest absolute Gasteiger partial charge is 0.246 e. The summed E-state index contributed by atoms with van der Waals surface area (Å²) < 4.78 is 40.0. The van der Waals surface area contributed by atoms with Crippen molar-refractivity contribution in [2.75, 3.05) is 32.8 Å². The van der Waals surface area contributed by atoms with Crippen LogP contribution in [0, 0.1) is 23.4 Å². The standard InChI is InChI=1S/C29H32F3N3O2/c30-24-15-19(16-25(31)29(24)32)5-6-28(37)35-13-9-21(10-14-35)27(18-36)34-11-7-20(8-12-34)23-17-33-26-4-2-1-3-22(23)26/h1-6,15-17,20-21,27,33,36H,7-14,18H2. The van der Waals surface area contributed by atoms with Gasteiger partial charge in [0.05, 0.1) is 6.61 Å². The molecule has 196 valence electrons. The van der Waals surface area contributed by atoms with Crippen molar-refractivity contribution in [3.05, 3.63) is 77.2 Å². The number of nitrogens with zero attached hydrogens (tertiary/aromatic N) is 2. The number of benzene rings is 2. The van der Waals surface area contributed by atoms with E-state index in [9.17, 15) is 23.1 Å². The van der Waals surface area contributed by atoms with E-state index in [0.717, 1.165) is 50.9 Å². The predicted octanol–water partition coefficient (Wildman–Crippen LogP) is 5.08. The number of para-hydroxylation sites is 1. The summed E-state index contributed by atoms with van der Waals surface area (Å²) in [6.07, 6.45) is 8.37. The second-order valence-corrected chi connectivity index (χ2v) is 10.1. The molecule has 5 nitrogen and oxygen atoms in total. The van der Waals surface area contributed by atoms with E-state index >= 15 is 0 Å². The van der Waals surface area contributed by atoms with Crippen LogP contribution >= 0.6 is 0 Å². The number of hydrogen-bond acceptors (Lipinski definition) is 3. The van der Waals surface area contributed by atoms with Crippen LogP contribution in [-0.2, 0) is 4.79 Å². The van der Waals surface area contributed by atoms with Gasteiger partial charge in [-0.2, -0.15) is 0 Å². The second-order valence-electron chi connectivity index (χ2n) is 10.1. The maximum atomic E-state index is 13.4. The Balaban J connectivity index is 1.14. The minimum atomic E-state index is -1.52. The highest BCUT2D eigenvalue weighted by Gasteiger charge is 2.33. The number of likely N-dealkylation sites (tertiary alicyclic amines) is 2. The first kappa shape index (κ1) is 25.5. The van der Waals surface area contributed by atoms with E-state index in [1.165, 1.54) is 28.6 Å². The zero-order valence-corrected chi connectivity index (χ0v) is 20.7. The third-order valence-corrected chi connectivity index (χ3v) is 8.07. The van der Waals surface area contributed by atoms with Gasteiger partial charge in [0.2, 0.25) is 5.91 Å². The summed E-state index contributed by atoms with van der Waals surface area (Å²) in [5.74, 6) is -3.54. The van der Waals surface area contributed by atoms with Crippen LogP contribution in [0.5, 0.6) is 0 Å². The molecule has 5 rings (SSSR count). The summed E-state index contributed by atoms with van der Waals surface area (Å²) in [4.78, 5) is 20.1.